The molecule has 1 saturated carbocycles. The number of aromatic nitrogens is 4. The summed E-state index contributed by atoms with van der Waals surface area (Å²) in [6.45, 7) is 0.200. The maximum Gasteiger partial charge on any atom is 0.272 e. The predicted molar refractivity (Wildman–Crippen MR) is 124 cm³/mol. The van der Waals surface area contributed by atoms with Gasteiger partial charge in [-0.05, 0) is 42.7 Å². The van der Waals surface area contributed by atoms with E-state index >= 15 is 0 Å². The van der Waals surface area contributed by atoms with Crippen LogP contribution in [-0.4, -0.2) is 38.4 Å². The van der Waals surface area contributed by atoms with Crippen LogP contribution in [-0.2, 0) is 6.54 Å². The molecular formula is C23H23N7O2. The number of hydrogen-bond acceptors (Lipinski definition) is 7. The monoisotopic (exact) mass is 429 g/mol. The number of pyridine rings is 1. The summed E-state index contributed by atoms with van der Waals surface area (Å²) in [5.74, 6) is 0.797. The molecule has 0 amide bonds. The molecule has 9 heteroatoms. The number of H-pyrrole nitrogens is 1. The molecule has 0 saturated heterocycles. The van der Waals surface area contributed by atoms with Crippen molar-refractivity contribution in [3.63, 3.8) is 0 Å². The van der Waals surface area contributed by atoms with E-state index in [1.54, 1.807) is 25.6 Å². The molecule has 1 aliphatic rings. The molecule has 0 spiro atoms. The highest BCUT2D eigenvalue weighted by Crippen LogP contribution is 2.31. The number of imidazole rings is 1. The lowest BCUT2D eigenvalue weighted by atomic mass is 9.96. The normalized spacial score (nSPS) is 14.9. The van der Waals surface area contributed by atoms with Gasteiger partial charge in [0.05, 0.1) is 41.1 Å². The number of aromatic amines is 1. The molecule has 1 aromatic carbocycles. The third-order valence-electron chi connectivity index (χ3n) is 5.62. The third kappa shape index (κ3) is 3.32. The number of benzene rings is 1. The maximum absolute atomic E-state index is 12.2. The van der Waals surface area contributed by atoms with Crippen molar-refractivity contribution in [2.24, 2.45) is 16.5 Å². The molecule has 5 rings (SSSR count). The van der Waals surface area contributed by atoms with E-state index in [1.165, 1.54) is 6.20 Å². The largest absolute Gasteiger partial charge is 0.488 e. The predicted octanol–water partition coefficient (Wildman–Crippen LogP) is 1.99. The van der Waals surface area contributed by atoms with E-state index in [9.17, 15) is 4.79 Å². The number of rotatable bonds is 6. The highest BCUT2D eigenvalue weighted by atomic mass is 16.5. The first-order chi connectivity index (χ1) is 15.6. The smallest absolute Gasteiger partial charge is 0.272 e. The Labute approximate surface area is 183 Å². The molecule has 5 N–H and O–H groups in total. The zero-order valence-corrected chi connectivity index (χ0v) is 17.6. The first-order valence-electron chi connectivity index (χ1n) is 10.4. The Balaban J connectivity index is 1.63. The van der Waals surface area contributed by atoms with Crippen molar-refractivity contribution in [3.8, 4) is 5.75 Å². The number of aliphatic imine (C=N–C) groups is 1. The zero-order chi connectivity index (χ0) is 22.2. The Hall–Kier alpha value is -3.98. The van der Waals surface area contributed by atoms with Crippen LogP contribution in [0.1, 0.15) is 29.8 Å². The van der Waals surface area contributed by atoms with E-state index in [0.717, 1.165) is 35.4 Å². The average molecular weight is 429 g/mol. The fraction of sp³-hybridized carbons (Fsp3) is 0.217. The number of hydrogen-bond donors (Lipinski definition) is 3. The topological polar surface area (TPSA) is 137 Å². The standard InChI is InChI=1S/C23H23N7O2/c1-26-22(19-6-7-21(32-14-3-4-14)20-11-27-12-30(19)20)17(9-24)13-2-5-15-16(8-13)18(10-25)28-29-23(15)31/h2,5-9,11-12,14H,3-4,10,24-25H2,1H3,(H,29,31)/b17-9-,26-22?. The van der Waals surface area contributed by atoms with Crippen LogP contribution in [0.2, 0.25) is 0 Å². The van der Waals surface area contributed by atoms with Gasteiger partial charge in [-0.15, -0.1) is 0 Å². The minimum atomic E-state index is -0.266. The van der Waals surface area contributed by atoms with Gasteiger partial charge < -0.3 is 16.2 Å². The Morgan fingerprint density at radius 2 is 2.16 bits per heavy atom. The molecule has 4 aromatic rings. The number of nitrogens with zero attached hydrogens (tertiary/aromatic N) is 4. The van der Waals surface area contributed by atoms with Gasteiger partial charge >= 0.3 is 0 Å². The second-order valence-corrected chi connectivity index (χ2v) is 7.67. The second-order valence-electron chi connectivity index (χ2n) is 7.67. The molecule has 162 valence electrons. The molecule has 0 unspecified atom stereocenters. The molecular weight excluding hydrogens is 406 g/mol. The number of allylic oxidation sites excluding steroid dienone is 1. The lowest BCUT2D eigenvalue weighted by molar-refractivity contribution is 0.306. The zero-order valence-electron chi connectivity index (χ0n) is 17.6. The lowest BCUT2D eigenvalue weighted by Crippen LogP contribution is -2.14. The average Bonchev–Trinajstić information content (AvgIpc) is 3.49. The number of nitrogens with two attached hydrogens (primary N) is 2. The molecule has 0 radical (unpaired) electrons. The molecule has 3 heterocycles. The van der Waals surface area contributed by atoms with Crippen LogP contribution >= 0.6 is 0 Å². The van der Waals surface area contributed by atoms with Crippen LogP contribution in [0, 0.1) is 0 Å². The Morgan fingerprint density at radius 3 is 2.88 bits per heavy atom. The van der Waals surface area contributed by atoms with Gasteiger partial charge in [0.1, 0.15) is 11.3 Å². The third-order valence-corrected chi connectivity index (χ3v) is 5.62. The van der Waals surface area contributed by atoms with Crippen LogP contribution in [0.5, 0.6) is 5.75 Å². The van der Waals surface area contributed by atoms with Crippen LogP contribution in [0.4, 0.5) is 0 Å². The van der Waals surface area contributed by atoms with Gasteiger partial charge in [-0.25, -0.2) is 10.1 Å². The summed E-state index contributed by atoms with van der Waals surface area (Å²) in [5.41, 5.74) is 16.1. The Morgan fingerprint density at radius 1 is 1.31 bits per heavy atom. The first-order valence-corrected chi connectivity index (χ1v) is 10.4. The summed E-state index contributed by atoms with van der Waals surface area (Å²) >= 11 is 0. The van der Waals surface area contributed by atoms with Crippen molar-refractivity contribution in [1.29, 1.82) is 0 Å². The Kier molecular flexibility index (Phi) is 4.95. The number of nitrogens with one attached hydrogen (secondary N) is 1. The van der Waals surface area contributed by atoms with Crippen LogP contribution in [0.15, 0.2) is 58.8 Å². The van der Waals surface area contributed by atoms with E-state index in [2.05, 4.69) is 20.2 Å². The van der Waals surface area contributed by atoms with E-state index < -0.39 is 0 Å². The highest BCUT2D eigenvalue weighted by Gasteiger charge is 2.25. The van der Waals surface area contributed by atoms with Crippen molar-refractivity contribution < 1.29 is 4.74 Å². The van der Waals surface area contributed by atoms with Crippen molar-refractivity contribution in [2.75, 3.05) is 7.05 Å². The van der Waals surface area contributed by atoms with Crippen LogP contribution in [0.3, 0.4) is 0 Å². The Bertz CT molecular complexity index is 1440. The minimum absolute atomic E-state index is 0.200. The van der Waals surface area contributed by atoms with E-state index in [0.29, 0.717) is 27.8 Å². The highest BCUT2D eigenvalue weighted by molar-refractivity contribution is 6.31. The molecule has 1 fully saturated rings. The van der Waals surface area contributed by atoms with Crippen LogP contribution < -0.4 is 21.8 Å². The SMILES string of the molecule is CN=C(/C(=C\N)c1ccc2c(=O)[nH]nc(CN)c2c1)c1ccc(OC2CC2)c2cncn12. The van der Waals surface area contributed by atoms with Gasteiger partial charge in [-0.3, -0.25) is 14.2 Å². The summed E-state index contributed by atoms with van der Waals surface area (Å²) in [4.78, 5) is 21.1. The van der Waals surface area contributed by atoms with Gasteiger partial charge in [-0.1, -0.05) is 6.07 Å². The summed E-state index contributed by atoms with van der Waals surface area (Å²) in [5, 5.41) is 7.77. The summed E-state index contributed by atoms with van der Waals surface area (Å²) < 4.78 is 7.98. The lowest BCUT2D eigenvalue weighted by Gasteiger charge is -2.15. The van der Waals surface area contributed by atoms with Gasteiger partial charge in [-0.2, -0.15) is 5.10 Å². The van der Waals surface area contributed by atoms with Crippen molar-refractivity contribution in [1.82, 2.24) is 19.6 Å². The number of ether oxygens (including phenoxy) is 1. The quantitative estimate of drug-likeness (QED) is 0.401. The molecule has 32 heavy (non-hydrogen) atoms. The van der Waals surface area contributed by atoms with Crippen LogP contribution in [0.25, 0.3) is 21.9 Å². The summed E-state index contributed by atoms with van der Waals surface area (Å²) in [7, 11) is 1.72. The molecule has 9 nitrogen and oxygen atoms in total. The van der Waals surface area contributed by atoms with Gasteiger partial charge in [0, 0.05) is 30.8 Å². The second kappa shape index (κ2) is 7.93. The fourth-order valence-electron chi connectivity index (χ4n) is 3.88. The van der Waals surface area contributed by atoms with Gasteiger partial charge in [0.15, 0.2) is 0 Å². The summed E-state index contributed by atoms with van der Waals surface area (Å²) in [6, 6.07) is 9.37. The van der Waals surface area contributed by atoms with Crippen molar-refractivity contribution in [3.05, 3.63) is 76.4 Å². The van der Waals surface area contributed by atoms with Crippen molar-refractivity contribution >= 4 is 27.6 Å². The molecule has 0 aliphatic heterocycles. The first kappa shape index (κ1) is 20.0. The maximum atomic E-state index is 12.2. The van der Waals surface area contributed by atoms with E-state index in [4.69, 9.17) is 16.2 Å². The summed E-state index contributed by atoms with van der Waals surface area (Å²) in [6.07, 6.45) is 7.47. The number of fused-ring (bicyclic) bond motifs is 2. The minimum Gasteiger partial charge on any atom is -0.488 e. The van der Waals surface area contributed by atoms with E-state index in [-0.39, 0.29) is 18.2 Å². The fourth-order valence-corrected chi connectivity index (χ4v) is 3.88. The van der Waals surface area contributed by atoms with Gasteiger partial charge in [0.2, 0.25) is 0 Å². The van der Waals surface area contributed by atoms with Crippen molar-refractivity contribution in [2.45, 2.75) is 25.5 Å². The molecule has 0 bridgehead atoms. The molecule has 3 aromatic heterocycles. The molecule has 1 aliphatic carbocycles. The van der Waals surface area contributed by atoms with E-state index in [1.807, 2.05) is 28.7 Å². The van der Waals surface area contributed by atoms with Gasteiger partial charge in [0.25, 0.3) is 5.56 Å². The molecule has 0 atom stereocenters.